The molecular weight excluding hydrogens is 386 g/mol. The molecule has 0 aliphatic carbocycles. The zero-order valence-corrected chi connectivity index (χ0v) is 18.2. The van der Waals surface area contributed by atoms with Crippen molar-refractivity contribution in [1.29, 1.82) is 5.26 Å². The Morgan fingerprint density at radius 2 is 1.68 bits per heavy atom. The predicted molar refractivity (Wildman–Crippen MR) is 123 cm³/mol. The zero-order chi connectivity index (χ0) is 21.8. The number of allylic oxidation sites excluding steroid dienone is 1. The first-order chi connectivity index (χ1) is 15.0. The van der Waals surface area contributed by atoms with E-state index in [2.05, 4.69) is 54.1 Å². The monoisotopic (exact) mass is 413 g/mol. The van der Waals surface area contributed by atoms with Crippen molar-refractivity contribution in [3.63, 3.8) is 0 Å². The molecule has 2 aromatic carbocycles. The maximum absolute atomic E-state index is 9.98. The van der Waals surface area contributed by atoms with Gasteiger partial charge in [-0.05, 0) is 34.8 Å². The van der Waals surface area contributed by atoms with Crippen molar-refractivity contribution in [1.82, 2.24) is 14.8 Å². The molecule has 158 valence electrons. The Morgan fingerprint density at radius 1 is 1.00 bits per heavy atom. The van der Waals surface area contributed by atoms with E-state index in [1.54, 1.807) is 0 Å². The highest BCUT2D eigenvalue weighted by Crippen LogP contribution is 2.27. The molecule has 0 N–H and O–H groups in total. The van der Waals surface area contributed by atoms with E-state index in [9.17, 15) is 5.26 Å². The van der Waals surface area contributed by atoms with Gasteiger partial charge in [-0.1, -0.05) is 63.2 Å². The minimum absolute atomic E-state index is 0.0842. The Balaban J connectivity index is 1.77. The molecule has 6 nitrogen and oxygen atoms in total. The van der Waals surface area contributed by atoms with Gasteiger partial charge in [0.1, 0.15) is 6.07 Å². The molecule has 0 unspecified atom stereocenters. The molecule has 1 fully saturated rings. The minimum Gasteiger partial charge on any atom is -0.378 e. The van der Waals surface area contributed by atoms with Crippen LogP contribution in [0.2, 0.25) is 0 Å². The Kier molecular flexibility index (Phi) is 5.88. The average Bonchev–Trinajstić information content (AvgIpc) is 3.23. The summed E-state index contributed by atoms with van der Waals surface area (Å²) in [7, 11) is 0. The van der Waals surface area contributed by atoms with Crippen LogP contribution in [0.25, 0.3) is 17.3 Å². The predicted octanol–water partition coefficient (Wildman–Crippen LogP) is 4.47. The van der Waals surface area contributed by atoms with Gasteiger partial charge in [0, 0.05) is 13.1 Å². The average molecular weight is 414 g/mol. The van der Waals surface area contributed by atoms with Crippen molar-refractivity contribution >= 4 is 17.6 Å². The molecule has 0 spiro atoms. The summed E-state index contributed by atoms with van der Waals surface area (Å²) in [5, 5.41) is 18.9. The number of ether oxygens (including phenoxy) is 1. The minimum atomic E-state index is 0.0842. The summed E-state index contributed by atoms with van der Waals surface area (Å²) >= 11 is 0. The molecule has 0 radical (unpaired) electrons. The number of rotatable bonds is 4. The van der Waals surface area contributed by atoms with Gasteiger partial charge in [-0.25, -0.2) is 0 Å². The molecule has 2 heterocycles. The molecule has 31 heavy (non-hydrogen) atoms. The number of hydrogen-bond donors (Lipinski definition) is 0. The van der Waals surface area contributed by atoms with E-state index in [4.69, 9.17) is 4.74 Å². The van der Waals surface area contributed by atoms with E-state index < -0.39 is 0 Å². The van der Waals surface area contributed by atoms with Crippen LogP contribution < -0.4 is 4.90 Å². The molecule has 1 aliphatic heterocycles. The van der Waals surface area contributed by atoms with Gasteiger partial charge in [0.2, 0.25) is 5.95 Å². The van der Waals surface area contributed by atoms with Gasteiger partial charge >= 0.3 is 0 Å². The lowest BCUT2D eigenvalue weighted by Crippen LogP contribution is -2.38. The van der Waals surface area contributed by atoms with Crippen molar-refractivity contribution in [2.75, 3.05) is 31.2 Å². The molecule has 0 atom stereocenters. The smallest absolute Gasteiger partial charge is 0.232 e. The summed E-state index contributed by atoms with van der Waals surface area (Å²) in [5.74, 6) is 1.27. The molecule has 3 aromatic rings. The van der Waals surface area contributed by atoms with Crippen molar-refractivity contribution in [3.05, 3.63) is 71.5 Å². The van der Waals surface area contributed by atoms with E-state index in [1.807, 2.05) is 53.1 Å². The molecule has 0 amide bonds. The van der Waals surface area contributed by atoms with Gasteiger partial charge in [-0.15, -0.1) is 10.2 Å². The van der Waals surface area contributed by atoms with Gasteiger partial charge < -0.3 is 9.64 Å². The lowest BCUT2D eigenvalue weighted by Gasteiger charge is -2.28. The SMILES string of the molecule is CC(C)(C)c1ccc(/C=C(/C#N)c2nnc(N3CCOCC3)n2-c2ccccc2)cc1. The summed E-state index contributed by atoms with van der Waals surface area (Å²) in [6, 6.07) is 20.6. The van der Waals surface area contributed by atoms with E-state index in [0.717, 1.165) is 30.3 Å². The fraction of sp³-hybridized carbons (Fsp3) is 0.320. The largest absolute Gasteiger partial charge is 0.378 e. The highest BCUT2D eigenvalue weighted by Gasteiger charge is 2.23. The van der Waals surface area contributed by atoms with Crippen LogP contribution in [0, 0.1) is 11.3 Å². The first kappa shape index (κ1) is 20.8. The van der Waals surface area contributed by atoms with Crippen LogP contribution in [-0.4, -0.2) is 41.1 Å². The Morgan fingerprint density at radius 3 is 2.29 bits per heavy atom. The number of benzene rings is 2. The Hall–Kier alpha value is -3.43. The third kappa shape index (κ3) is 4.52. The summed E-state index contributed by atoms with van der Waals surface area (Å²) in [6.07, 6.45) is 1.87. The van der Waals surface area contributed by atoms with Gasteiger partial charge in [0.15, 0.2) is 5.82 Å². The second-order valence-corrected chi connectivity index (χ2v) is 8.64. The third-order valence-electron chi connectivity index (χ3n) is 5.40. The topological polar surface area (TPSA) is 67.0 Å². The van der Waals surface area contributed by atoms with Crippen molar-refractivity contribution in [2.45, 2.75) is 26.2 Å². The first-order valence-corrected chi connectivity index (χ1v) is 10.5. The molecule has 1 saturated heterocycles. The van der Waals surface area contributed by atoms with Crippen molar-refractivity contribution < 1.29 is 4.74 Å². The Labute approximate surface area is 183 Å². The Bertz CT molecular complexity index is 1100. The number of para-hydroxylation sites is 1. The van der Waals surface area contributed by atoms with Crippen LogP contribution >= 0.6 is 0 Å². The number of morpholine rings is 1. The summed E-state index contributed by atoms with van der Waals surface area (Å²) in [6.45, 7) is 9.35. The lowest BCUT2D eigenvalue weighted by atomic mass is 9.86. The maximum Gasteiger partial charge on any atom is 0.232 e. The molecular formula is C25H27N5O. The van der Waals surface area contributed by atoms with Crippen LogP contribution in [0.4, 0.5) is 5.95 Å². The number of aromatic nitrogens is 3. The third-order valence-corrected chi connectivity index (χ3v) is 5.40. The van der Waals surface area contributed by atoms with E-state index >= 15 is 0 Å². The number of hydrogen-bond acceptors (Lipinski definition) is 5. The number of anilines is 1. The highest BCUT2D eigenvalue weighted by atomic mass is 16.5. The van der Waals surface area contributed by atoms with Gasteiger partial charge in [0.05, 0.1) is 24.5 Å². The van der Waals surface area contributed by atoms with Crippen molar-refractivity contribution in [2.24, 2.45) is 0 Å². The molecule has 0 saturated carbocycles. The standard InChI is InChI=1S/C25H27N5O/c1-25(2,3)21-11-9-19(10-12-21)17-20(18-26)23-27-28-24(29-13-15-31-16-14-29)30(23)22-7-5-4-6-8-22/h4-12,17H,13-16H2,1-3H3/b20-17-. The molecule has 6 heteroatoms. The van der Waals surface area contributed by atoms with Crippen LogP contribution in [0.5, 0.6) is 0 Å². The number of nitrogens with zero attached hydrogens (tertiary/aromatic N) is 5. The van der Waals surface area contributed by atoms with Gasteiger partial charge in [-0.3, -0.25) is 4.57 Å². The summed E-state index contributed by atoms with van der Waals surface area (Å²) in [4.78, 5) is 2.15. The fourth-order valence-corrected chi connectivity index (χ4v) is 3.63. The summed E-state index contributed by atoms with van der Waals surface area (Å²) in [5.41, 5.74) is 3.69. The van der Waals surface area contributed by atoms with Gasteiger partial charge in [-0.2, -0.15) is 5.26 Å². The molecule has 1 aliphatic rings. The summed E-state index contributed by atoms with van der Waals surface area (Å²) < 4.78 is 7.45. The van der Waals surface area contributed by atoms with Crippen molar-refractivity contribution in [3.8, 4) is 11.8 Å². The number of nitriles is 1. The normalized spacial score (nSPS) is 15.0. The fourth-order valence-electron chi connectivity index (χ4n) is 3.63. The second kappa shape index (κ2) is 8.75. The van der Waals surface area contributed by atoms with Crippen LogP contribution in [0.3, 0.4) is 0 Å². The first-order valence-electron chi connectivity index (χ1n) is 10.5. The van der Waals surface area contributed by atoms with E-state index in [0.29, 0.717) is 24.6 Å². The van der Waals surface area contributed by atoms with E-state index in [1.165, 1.54) is 5.56 Å². The van der Waals surface area contributed by atoms with Crippen LogP contribution in [0.15, 0.2) is 54.6 Å². The molecule has 4 rings (SSSR count). The zero-order valence-electron chi connectivity index (χ0n) is 18.2. The van der Waals surface area contributed by atoms with E-state index in [-0.39, 0.29) is 5.41 Å². The van der Waals surface area contributed by atoms with Crippen LogP contribution in [0.1, 0.15) is 37.7 Å². The maximum atomic E-state index is 9.98. The molecule has 0 bridgehead atoms. The quantitative estimate of drug-likeness (QED) is 0.591. The van der Waals surface area contributed by atoms with Crippen LogP contribution in [-0.2, 0) is 10.2 Å². The highest BCUT2D eigenvalue weighted by molar-refractivity contribution is 5.88. The second-order valence-electron chi connectivity index (χ2n) is 8.64. The van der Waals surface area contributed by atoms with Gasteiger partial charge in [0.25, 0.3) is 0 Å². The lowest BCUT2D eigenvalue weighted by molar-refractivity contribution is 0.122. The molecule has 1 aromatic heterocycles.